The lowest BCUT2D eigenvalue weighted by molar-refractivity contribution is -0.144. The van der Waals surface area contributed by atoms with Crippen molar-refractivity contribution in [3.63, 3.8) is 0 Å². The van der Waals surface area contributed by atoms with Gasteiger partial charge in [-0.05, 0) is 19.3 Å². The predicted octanol–water partition coefficient (Wildman–Crippen LogP) is 2.61. The van der Waals surface area contributed by atoms with E-state index in [0.717, 1.165) is 12.8 Å². The Morgan fingerprint density at radius 2 is 1.83 bits per heavy atom. The van der Waals surface area contributed by atoms with Gasteiger partial charge < -0.3 is 9.64 Å². The van der Waals surface area contributed by atoms with E-state index in [1.165, 1.54) is 0 Å². The summed E-state index contributed by atoms with van der Waals surface area (Å²) in [7, 11) is 0. The highest BCUT2D eigenvalue weighted by molar-refractivity contribution is 5.77. The van der Waals surface area contributed by atoms with E-state index in [9.17, 15) is 9.59 Å². The number of ether oxygens (including phenoxy) is 1. The van der Waals surface area contributed by atoms with Gasteiger partial charge in [-0.3, -0.25) is 9.59 Å². The number of carbonyl (C=O) groups is 2. The Hall–Kier alpha value is -1.06. The molecule has 0 spiro atoms. The largest absolute Gasteiger partial charge is 0.466 e. The first kappa shape index (κ1) is 16.9. The summed E-state index contributed by atoms with van der Waals surface area (Å²) in [6.45, 7) is 9.58. The third-order valence-corrected chi connectivity index (χ3v) is 2.57. The van der Waals surface area contributed by atoms with Gasteiger partial charge in [0, 0.05) is 19.5 Å². The second-order valence-electron chi connectivity index (χ2n) is 4.89. The van der Waals surface area contributed by atoms with Crippen molar-refractivity contribution in [3.05, 3.63) is 0 Å². The Balaban J connectivity index is 4.21. The summed E-state index contributed by atoms with van der Waals surface area (Å²) < 4.78 is 4.88. The molecule has 0 unspecified atom stereocenters. The second-order valence-corrected chi connectivity index (χ2v) is 4.89. The van der Waals surface area contributed by atoms with Crippen LogP contribution in [0.1, 0.15) is 53.4 Å². The Morgan fingerprint density at radius 1 is 1.17 bits per heavy atom. The minimum absolute atomic E-state index is 0.148. The first-order valence-corrected chi connectivity index (χ1v) is 6.94. The maximum Gasteiger partial charge on any atom is 0.307 e. The summed E-state index contributed by atoms with van der Waals surface area (Å²) in [5.41, 5.74) is 0. The number of esters is 1. The highest BCUT2D eigenvalue weighted by atomic mass is 16.5. The van der Waals surface area contributed by atoms with E-state index in [1.54, 1.807) is 11.8 Å². The third-order valence-electron chi connectivity index (χ3n) is 2.57. The summed E-state index contributed by atoms with van der Waals surface area (Å²) >= 11 is 0. The zero-order valence-electron chi connectivity index (χ0n) is 12.2. The summed E-state index contributed by atoms with van der Waals surface area (Å²) in [6, 6.07) is 0. The molecular formula is C14H27NO3. The Morgan fingerprint density at radius 3 is 2.33 bits per heavy atom. The van der Waals surface area contributed by atoms with Gasteiger partial charge in [0.15, 0.2) is 0 Å². The van der Waals surface area contributed by atoms with E-state index >= 15 is 0 Å². The van der Waals surface area contributed by atoms with E-state index < -0.39 is 0 Å². The van der Waals surface area contributed by atoms with E-state index in [1.807, 2.05) is 0 Å². The van der Waals surface area contributed by atoms with E-state index in [2.05, 4.69) is 20.8 Å². The summed E-state index contributed by atoms with van der Waals surface area (Å²) in [6.07, 6.45) is 2.79. The molecule has 0 atom stereocenters. The van der Waals surface area contributed by atoms with Gasteiger partial charge in [0.2, 0.25) is 5.91 Å². The zero-order chi connectivity index (χ0) is 14.0. The zero-order valence-corrected chi connectivity index (χ0v) is 12.2. The van der Waals surface area contributed by atoms with Crippen molar-refractivity contribution in [2.24, 2.45) is 5.92 Å². The van der Waals surface area contributed by atoms with Crippen LogP contribution >= 0.6 is 0 Å². The molecular weight excluding hydrogens is 230 g/mol. The first-order valence-electron chi connectivity index (χ1n) is 6.94. The highest BCUT2D eigenvalue weighted by Gasteiger charge is 2.15. The summed E-state index contributed by atoms with van der Waals surface area (Å²) in [5, 5.41) is 0. The molecule has 0 saturated heterocycles. The summed E-state index contributed by atoms with van der Waals surface area (Å²) in [4.78, 5) is 25.1. The van der Waals surface area contributed by atoms with Crippen LogP contribution in [-0.4, -0.2) is 36.5 Å². The van der Waals surface area contributed by atoms with Crippen LogP contribution in [-0.2, 0) is 14.3 Å². The average Bonchev–Trinajstić information content (AvgIpc) is 2.31. The second kappa shape index (κ2) is 9.92. The molecule has 106 valence electrons. The maximum absolute atomic E-state index is 12.0. The third kappa shape index (κ3) is 8.09. The van der Waals surface area contributed by atoms with E-state index in [0.29, 0.717) is 38.5 Å². The van der Waals surface area contributed by atoms with Gasteiger partial charge in [0.05, 0.1) is 13.0 Å². The smallest absolute Gasteiger partial charge is 0.307 e. The fourth-order valence-corrected chi connectivity index (χ4v) is 1.70. The molecule has 18 heavy (non-hydrogen) atoms. The molecule has 1 amide bonds. The van der Waals surface area contributed by atoms with Gasteiger partial charge in [-0.2, -0.15) is 0 Å². The fraction of sp³-hybridized carbons (Fsp3) is 0.857. The lowest BCUT2D eigenvalue weighted by atomic mass is 10.1. The number of amides is 1. The van der Waals surface area contributed by atoms with Crippen LogP contribution in [0, 0.1) is 5.92 Å². The van der Waals surface area contributed by atoms with Crippen molar-refractivity contribution in [1.82, 2.24) is 4.90 Å². The number of nitrogens with zero attached hydrogens (tertiary/aromatic N) is 1. The van der Waals surface area contributed by atoms with E-state index in [-0.39, 0.29) is 11.9 Å². The minimum Gasteiger partial charge on any atom is -0.466 e. The van der Waals surface area contributed by atoms with Gasteiger partial charge in [-0.15, -0.1) is 0 Å². The molecule has 0 aromatic carbocycles. The monoisotopic (exact) mass is 257 g/mol. The van der Waals surface area contributed by atoms with Crippen molar-refractivity contribution in [1.29, 1.82) is 0 Å². The standard InChI is InChI=1S/C14H27NO3/c1-5-7-8-13(16)15(11-12(3)4)10-9-14(17)18-6-2/h12H,5-11H2,1-4H3. The molecule has 0 rings (SSSR count). The molecule has 0 heterocycles. The molecule has 0 aromatic rings. The van der Waals surface area contributed by atoms with Crippen molar-refractivity contribution in [3.8, 4) is 0 Å². The van der Waals surface area contributed by atoms with Gasteiger partial charge in [-0.1, -0.05) is 27.2 Å². The topological polar surface area (TPSA) is 46.6 Å². The molecule has 0 radical (unpaired) electrons. The van der Waals surface area contributed by atoms with Crippen LogP contribution in [0.25, 0.3) is 0 Å². The first-order chi connectivity index (χ1) is 8.51. The van der Waals surface area contributed by atoms with Gasteiger partial charge in [-0.25, -0.2) is 0 Å². The molecule has 4 heteroatoms. The normalized spacial score (nSPS) is 10.5. The van der Waals surface area contributed by atoms with Crippen LogP contribution < -0.4 is 0 Å². The average molecular weight is 257 g/mol. The maximum atomic E-state index is 12.0. The molecule has 0 aliphatic rings. The number of hydrogen-bond acceptors (Lipinski definition) is 3. The fourth-order valence-electron chi connectivity index (χ4n) is 1.70. The molecule has 0 aliphatic carbocycles. The quantitative estimate of drug-likeness (QED) is 0.596. The van der Waals surface area contributed by atoms with Crippen LogP contribution in [0.2, 0.25) is 0 Å². The highest BCUT2D eigenvalue weighted by Crippen LogP contribution is 2.06. The molecule has 0 aliphatic heterocycles. The van der Waals surface area contributed by atoms with Crippen LogP contribution in [0.15, 0.2) is 0 Å². The molecule has 0 N–H and O–H groups in total. The van der Waals surface area contributed by atoms with Crippen molar-refractivity contribution < 1.29 is 14.3 Å². The molecule has 0 bridgehead atoms. The SMILES string of the molecule is CCCCC(=O)N(CCC(=O)OCC)CC(C)C. The molecule has 0 saturated carbocycles. The van der Waals surface area contributed by atoms with Crippen LogP contribution in [0.4, 0.5) is 0 Å². The molecule has 0 fully saturated rings. The van der Waals surface area contributed by atoms with Gasteiger partial charge in [0.25, 0.3) is 0 Å². The minimum atomic E-state index is -0.227. The Labute approximate surface area is 111 Å². The number of hydrogen-bond donors (Lipinski definition) is 0. The Bertz CT molecular complexity index is 251. The van der Waals surface area contributed by atoms with Gasteiger partial charge in [0.1, 0.15) is 0 Å². The van der Waals surface area contributed by atoms with E-state index in [4.69, 9.17) is 4.74 Å². The van der Waals surface area contributed by atoms with Gasteiger partial charge >= 0.3 is 5.97 Å². The number of carbonyl (C=O) groups excluding carboxylic acids is 2. The Kier molecular flexibility index (Phi) is 9.33. The lowest BCUT2D eigenvalue weighted by Gasteiger charge is -2.24. The predicted molar refractivity (Wildman–Crippen MR) is 72.2 cm³/mol. The molecule has 4 nitrogen and oxygen atoms in total. The lowest BCUT2D eigenvalue weighted by Crippen LogP contribution is -2.36. The van der Waals surface area contributed by atoms with Crippen LogP contribution in [0.5, 0.6) is 0 Å². The van der Waals surface area contributed by atoms with Crippen LogP contribution in [0.3, 0.4) is 0 Å². The van der Waals surface area contributed by atoms with Crippen molar-refractivity contribution in [2.75, 3.05) is 19.7 Å². The number of unbranched alkanes of at least 4 members (excludes halogenated alkanes) is 1. The van der Waals surface area contributed by atoms with Crippen molar-refractivity contribution in [2.45, 2.75) is 53.4 Å². The summed E-state index contributed by atoms with van der Waals surface area (Å²) in [5.74, 6) is 0.335. The number of rotatable bonds is 9. The molecule has 0 aromatic heterocycles. The van der Waals surface area contributed by atoms with Crippen molar-refractivity contribution >= 4 is 11.9 Å².